The van der Waals surface area contributed by atoms with E-state index in [9.17, 15) is 19.7 Å². The van der Waals surface area contributed by atoms with Gasteiger partial charge < -0.3 is 15.0 Å². The molecule has 2 amide bonds. The number of nitro groups is 1. The molecular weight excluding hydrogens is 477 g/mol. The first-order valence-electron chi connectivity index (χ1n) is 8.70. The van der Waals surface area contributed by atoms with Gasteiger partial charge in [0.2, 0.25) is 0 Å². The van der Waals surface area contributed by atoms with Gasteiger partial charge in [0.15, 0.2) is 6.61 Å². The van der Waals surface area contributed by atoms with Crippen LogP contribution in [0, 0.1) is 13.7 Å². The average Bonchev–Trinajstić information content (AvgIpc) is 3.21. The lowest BCUT2D eigenvalue weighted by molar-refractivity contribution is -0.384. The lowest BCUT2D eigenvalue weighted by Gasteiger charge is -2.15. The van der Waals surface area contributed by atoms with Gasteiger partial charge in [-0.25, -0.2) is 0 Å². The minimum Gasteiger partial charge on any atom is -0.484 e. The highest BCUT2D eigenvalue weighted by Crippen LogP contribution is 2.22. The van der Waals surface area contributed by atoms with E-state index >= 15 is 0 Å². The molecule has 0 unspecified atom stereocenters. The number of ether oxygens (including phenoxy) is 1. The van der Waals surface area contributed by atoms with Gasteiger partial charge in [-0.3, -0.25) is 19.7 Å². The van der Waals surface area contributed by atoms with Crippen LogP contribution in [0.1, 0.15) is 23.2 Å². The monoisotopic (exact) mass is 495 g/mol. The van der Waals surface area contributed by atoms with Gasteiger partial charge in [-0.1, -0.05) is 6.07 Å². The molecule has 0 bridgehead atoms. The van der Waals surface area contributed by atoms with Crippen molar-refractivity contribution >= 4 is 45.8 Å². The van der Waals surface area contributed by atoms with Crippen LogP contribution in [0.15, 0.2) is 42.5 Å². The fourth-order valence-corrected chi connectivity index (χ4v) is 3.61. The van der Waals surface area contributed by atoms with Crippen LogP contribution >= 0.6 is 22.6 Å². The maximum atomic E-state index is 12.5. The Bertz CT molecular complexity index is 912. The fourth-order valence-electron chi connectivity index (χ4n) is 2.87. The van der Waals surface area contributed by atoms with Crippen LogP contribution in [0.25, 0.3) is 0 Å². The fraction of sp³-hybridized carbons (Fsp3) is 0.263. The Labute approximate surface area is 175 Å². The maximum Gasteiger partial charge on any atom is 0.270 e. The average molecular weight is 495 g/mol. The molecule has 0 aliphatic carbocycles. The van der Waals surface area contributed by atoms with Crippen molar-refractivity contribution in [3.05, 3.63) is 61.7 Å². The largest absolute Gasteiger partial charge is 0.484 e. The second kappa shape index (κ2) is 9.00. The molecular formula is C19H18IN3O5. The molecule has 0 spiro atoms. The number of nitrogens with zero attached hydrogens (tertiary/aromatic N) is 2. The van der Waals surface area contributed by atoms with E-state index in [0.29, 0.717) is 20.6 Å². The molecule has 1 aliphatic heterocycles. The van der Waals surface area contributed by atoms with E-state index in [2.05, 4.69) is 5.32 Å². The second-order valence-corrected chi connectivity index (χ2v) is 7.44. The summed E-state index contributed by atoms with van der Waals surface area (Å²) in [6.45, 7) is 1.50. The van der Waals surface area contributed by atoms with Crippen molar-refractivity contribution in [3.8, 4) is 5.75 Å². The lowest BCUT2D eigenvalue weighted by Crippen LogP contribution is -2.32. The minimum absolute atomic E-state index is 0.0440. The molecule has 3 rings (SSSR count). The van der Waals surface area contributed by atoms with Crippen molar-refractivity contribution in [3.63, 3.8) is 0 Å². The first kappa shape index (κ1) is 20.1. The summed E-state index contributed by atoms with van der Waals surface area (Å²) < 4.78 is 6.03. The molecule has 1 heterocycles. The standard InChI is InChI=1S/C19H18IN3O5/c20-17-11-14(23(26)27)6-7-16(17)19(25)21-13-4-3-5-15(10-13)28-12-18(24)22-8-1-2-9-22/h3-7,10-11H,1-2,8-9,12H2,(H,21,25). The molecule has 0 atom stereocenters. The predicted octanol–water partition coefficient (Wildman–Crippen LogP) is 3.45. The van der Waals surface area contributed by atoms with Crippen molar-refractivity contribution in [2.45, 2.75) is 12.8 Å². The summed E-state index contributed by atoms with van der Waals surface area (Å²) in [7, 11) is 0. The summed E-state index contributed by atoms with van der Waals surface area (Å²) in [6, 6.07) is 10.8. The number of halogens is 1. The Morgan fingerprint density at radius 2 is 1.93 bits per heavy atom. The molecule has 1 fully saturated rings. The van der Waals surface area contributed by atoms with Crippen molar-refractivity contribution in [1.29, 1.82) is 0 Å². The normalized spacial score (nSPS) is 13.2. The smallest absolute Gasteiger partial charge is 0.270 e. The second-order valence-electron chi connectivity index (χ2n) is 6.28. The van der Waals surface area contributed by atoms with E-state index < -0.39 is 4.92 Å². The number of hydrogen-bond donors (Lipinski definition) is 1. The van der Waals surface area contributed by atoms with Crippen LogP contribution in [-0.4, -0.2) is 41.3 Å². The van der Waals surface area contributed by atoms with Gasteiger partial charge in [0, 0.05) is 40.5 Å². The highest BCUT2D eigenvalue weighted by atomic mass is 127. The molecule has 0 aromatic heterocycles. The lowest BCUT2D eigenvalue weighted by atomic mass is 10.2. The zero-order valence-electron chi connectivity index (χ0n) is 14.9. The molecule has 2 aromatic carbocycles. The predicted molar refractivity (Wildman–Crippen MR) is 112 cm³/mol. The van der Waals surface area contributed by atoms with E-state index in [4.69, 9.17) is 4.74 Å². The van der Waals surface area contributed by atoms with E-state index in [1.165, 1.54) is 18.2 Å². The van der Waals surface area contributed by atoms with Crippen LogP contribution < -0.4 is 10.1 Å². The molecule has 1 aliphatic rings. The van der Waals surface area contributed by atoms with E-state index in [-0.39, 0.29) is 24.1 Å². The topological polar surface area (TPSA) is 102 Å². The molecule has 28 heavy (non-hydrogen) atoms. The van der Waals surface area contributed by atoms with Crippen LogP contribution in [0.4, 0.5) is 11.4 Å². The Morgan fingerprint density at radius 1 is 1.18 bits per heavy atom. The molecule has 0 radical (unpaired) electrons. The van der Waals surface area contributed by atoms with Gasteiger partial charge in [0.25, 0.3) is 17.5 Å². The number of benzene rings is 2. The zero-order valence-corrected chi connectivity index (χ0v) is 17.0. The number of carbonyl (C=O) groups is 2. The zero-order chi connectivity index (χ0) is 20.1. The number of nitrogens with one attached hydrogen (secondary N) is 1. The third-order valence-corrected chi connectivity index (χ3v) is 5.21. The van der Waals surface area contributed by atoms with Crippen molar-refractivity contribution in [2.24, 2.45) is 0 Å². The number of carbonyl (C=O) groups excluding carboxylic acids is 2. The van der Waals surface area contributed by atoms with Crippen LogP contribution in [0.5, 0.6) is 5.75 Å². The van der Waals surface area contributed by atoms with Gasteiger partial charge in [0.1, 0.15) is 5.75 Å². The first-order valence-corrected chi connectivity index (χ1v) is 9.78. The summed E-state index contributed by atoms with van der Waals surface area (Å²) in [6.07, 6.45) is 2.05. The number of nitro benzene ring substituents is 1. The highest BCUT2D eigenvalue weighted by Gasteiger charge is 2.18. The molecule has 1 saturated heterocycles. The van der Waals surface area contributed by atoms with Crippen LogP contribution in [0.3, 0.4) is 0 Å². The number of amides is 2. The van der Waals surface area contributed by atoms with Crippen LogP contribution in [-0.2, 0) is 4.79 Å². The number of hydrogen-bond acceptors (Lipinski definition) is 5. The van der Waals surface area contributed by atoms with E-state index in [0.717, 1.165) is 25.9 Å². The number of non-ortho nitro benzene ring substituents is 1. The quantitative estimate of drug-likeness (QED) is 0.376. The SMILES string of the molecule is O=C(Nc1cccc(OCC(=O)N2CCCC2)c1)c1ccc([N+](=O)[O-])cc1I. The molecule has 8 nitrogen and oxygen atoms in total. The van der Waals surface area contributed by atoms with Crippen LogP contribution in [0.2, 0.25) is 0 Å². The molecule has 0 saturated carbocycles. The maximum absolute atomic E-state index is 12.5. The molecule has 2 aromatic rings. The van der Waals surface area contributed by atoms with Gasteiger partial charge in [-0.2, -0.15) is 0 Å². The van der Waals surface area contributed by atoms with Gasteiger partial charge >= 0.3 is 0 Å². The molecule has 1 N–H and O–H groups in total. The summed E-state index contributed by atoms with van der Waals surface area (Å²) >= 11 is 1.89. The van der Waals surface area contributed by atoms with Crippen molar-refractivity contribution in [2.75, 3.05) is 25.0 Å². The summed E-state index contributed by atoms with van der Waals surface area (Å²) in [5.74, 6) is 0.0423. The Balaban J connectivity index is 1.63. The Kier molecular flexibility index (Phi) is 6.45. The van der Waals surface area contributed by atoms with Crippen molar-refractivity contribution in [1.82, 2.24) is 4.90 Å². The number of likely N-dealkylation sites (tertiary alicyclic amines) is 1. The van der Waals surface area contributed by atoms with E-state index in [1.807, 2.05) is 22.6 Å². The van der Waals surface area contributed by atoms with Crippen molar-refractivity contribution < 1.29 is 19.2 Å². The summed E-state index contributed by atoms with van der Waals surface area (Å²) in [4.78, 5) is 36.6. The van der Waals surface area contributed by atoms with Gasteiger partial charge in [-0.05, 0) is 53.6 Å². The Morgan fingerprint density at radius 3 is 2.61 bits per heavy atom. The number of rotatable bonds is 6. The third kappa shape index (κ3) is 4.97. The summed E-state index contributed by atoms with van der Waals surface area (Å²) in [5.41, 5.74) is 0.769. The van der Waals surface area contributed by atoms with Gasteiger partial charge in [0.05, 0.1) is 10.5 Å². The highest BCUT2D eigenvalue weighted by molar-refractivity contribution is 14.1. The molecule has 146 valence electrons. The van der Waals surface area contributed by atoms with E-state index in [1.54, 1.807) is 29.2 Å². The molecule has 9 heteroatoms. The Hall–Kier alpha value is -2.69. The van der Waals surface area contributed by atoms with Gasteiger partial charge in [-0.15, -0.1) is 0 Å². The first-order chi connectivity index (χ1) is 13.4. The summed E-state index contributed by atoms with van der Waals surface area (Å²) in [5, 5.41) is 13.6. The minimum atomic E-state index is -0.506. The third-order valence-electron chi connectivity index (χ3n) is 4.32. The number of anilines is 1.